The van der Waals surface area contributed by atoms with Crippen molar-refractivity contribution in [3.63, 3.8) is 0 Å². The Bertz CT molecular complexity index is 776. The van der Waals surface area contributed by atoms with Crippen LogP contribution in [0.2, 0.25) is 0 Å². The fourth-order valence-electron chi connectivity index (χ4n) is 2.80. The number of nitrogens with one attached hydrogen (secondary N) is 1. The first kappa shape index (κ1) is 18.1. The molecule has 1 aromatic heterocycles. The Balaban J connectivity index is 1.87. The maximum atomic E-state index is 6.09. The lowest BCUT2D eigenvalue weighted by atomic mass is 9.93. The van der Waals surface area contributed by atoms with Crippen LogP contribution in [0.4, 0.5) is 11.8 Å². The highest BCUT2D eigenvalue weighted by Crippen LogP contribution is 2.40. The Hall–Kier alpha value is -2.70. The lowest BCUT2D eigenvalue weighted by Gasteiger charge is -2.26. The summed E-state index contributed by atoms with van der Waals surface area (Å²) in [6.07, 6.45) is 5.13. The van der Waals surface area contributed by atoms with Crippen LogP contribution in [0.1, 0.15) is 44.6 Å². The summed E-state index contributed by atoms with van der Waals surface area (Å²) in [5.41, 5.74) is 7.07. The summed E-state index contributed by atoms with van der Waals surface area (Å²) >= 11 is 0. The fourth-order valence-corrected chi connectivity index (χ4v) is 2.80. The van der Waals surface area contributed by atoms with Gasteiger partial charge in [-0.15, -0.1) is 0 Å². The summed E-state index contributed by atoms with van der Waals surface area (Å²) in [5, 5.41) is 3.28. The van der Waals surface area contributed by atoms with E-state index in [0.717, 1.165) is 18.4 Å². The third kappa shape index (κ3) is 3.76. The first-order chi connectivity index (χ1) is 12.5. The smallest absolute Gasteiger partial charge is 0.225 e. The molecule has 1 aromatic carbocycles. The summed E-state index contributed by atoms with van der Waals surface area (Å²) in [6, 6.07) is 4.16. The summed E-state index contributed by atoms with van der Waals surface area (Å²) in [4.78, 5) is 8.64. The first-order valence-electron chi connectivity index (χ1n) is 8.84. The van der Waals surface area contributed by atoms with Crippen LogP contribution in [0.25, 0.3) is 0 Å². The molecule has 0 aliphatic heterocycles. The summed E-state index contributed by atoms with van der Waals surface area (Å²) in [6.45, 7) is 4.17. The fraction of sp³-hybridized carbons (Fsp3) is 0.474. The minimum atomic E-state index is 0.228. The highest BCUT2D eigenvalue weighted by Gasteiger charge is 2.20. The number of aromatic nitrogens is 2. The molecule has 3 rings (SSSR count). The van der Waals surface area contributed by atoms with Gasteiger partial charge in [0.1, 0.15) is 5.75 Å². The second kappa shape index (κ2) is 7.68. The molecule has 7 nitrogen and oxygen atoms in total. The van der Waals surface area contributed by atoms with Gasteiger partial charge in [0.2, 0.25) is 5.95 Å². The predicted molar refractivity (Wildman–Crippen MR) is 101 cm³/mol. The summed E-state index contributed by atoms with van der Waals surface area (Å²) < 4.78 is 16.8. The van der Waals surface area contributed by atoms with Gasteiger partial charge in [-0.2, -0.15) is 4.98 Å². The number of benzene rings is 1. The van der Waals surface area contributed by atoms with E-state index in [1.807, 2.05) is 6.07 Å². The lowest BCUT2D eigenvalue weighted by Crippen LogP contribution is -2.28. The maximum absolute atomic E-state index is 6.09. The van der Waals surface area contributed by atoms with Crippen molar-refractivity contribution >= 4 is 11.8 Å². The standard InChI is InChI=1S/C19H26N4O3/c1-11(2)13-8-15(24-3)16(25-4)9-14(13)26-17-10-21-19(23-18(17)20)22-12-6-5-7-12/h8-12H,5-7H2,1-4H3,(H3,20,21,22,23). The van der Waals surface area contributed by atoms with Gasteiger partial charge in [0.05, 0.1) is 20.4 Å². The number of anilines is 2. The van der Waals surface area contributed by atoms with Crippen LogP contribution in [0.15, 0.2) is 18.3 Å². The number of nitrogen functional groups attached to an aromatic ring is 1. The van der Waals surface area contributed by atoms with Crippen LogP contribution in [-0.2, 0) is 0 Å². The van der Waals surface area contributed by atoms with E-state index >= 15 is 0 Å². The van der Waals surface area contributed by atoms with Crippen LogP contribution < -0.4 is 25.3 Å². The van der Waals surface area contributed by atoms with E-state index in [2.05, 4.69) is 29.1 Å². The highest BCUT2D eigenvalue weighted by molar-refractivity contribution is 5.55. The minimum Gasteiger partial charge on any atom is -0.493 e. The van der Waals surface area contributed by atoms with E-state index < -0.39 is 0 Å². The van der Waals surface area contributed by atoms with Crippen molar-refractivity contribution in [1.29, 1.82) is 0 Å². The molecule has 1 saturated carbocycles. The Morgan fingerprint density at radius 1 is 1.08 bits per heavy atom. The van der Waals surface area contributed by atoms with Gasteiger partial charge in [0, 0.05) is 17.7 Å². The normalized spacial score (nSPS) is 14.0. The largest absolute Gasteiger partial charge is 0.493 e. The van der Waals surface area contributed by atoms with Crippen molar-refractivity contribution in [1.82, 2.24) is 9.97 Å². The summed E-state index contributed by atoms with van der Waals surface area (Å²) in [7, 11) is 3.21. The van der Waals surface area contributed by atoms with Crippen molar-refractivity contribution < 1.29 is 14.2 Å². The lowest BCUT2D eigenvalue weighted by molar-refractivity contribution is 0.350. The van der Waals surface area contributed by atoms with Crippen molar-refractivity contribution in [2.45, 2.75) is 45.1 Å². The van der Waals surface area contributed by atoms with Crippen molar-refractivity contribution in [2.24, 2.45) is 0 Å². The molecule has 1 fully saturated rings. The molecule has 0 unspecified atom stereocenters. The van der Waals surface area contributed by atoms with Crippen LogP contribution in [0.3, 0.4) is 0 Å². The Kier molecular flexibility index (Phi) is 5.35. The Labute approximate surface area is 153 Å². The maximum Gasteiger partial charge on any atom is 0.225 e. The van der Waals surface area contributed by atoms with Gasteiger partial charge in [-0.1, -0.05) is 13.8 Å². The van der Waals surface area contributed by atoms with Crippen LogP contribution >= 0.6 is 0 Å². The Morgan fingerprint density at radius 2 is 1.77 bits per heavy atom. The quantitative estimate of drug-likeness (QED) is 0.774. The van der Waals surface area contributed by atoms with Gasteiger partial charge >= 0.3 is 0 Å². The molecule has 0 amide bonds. The highest BCUT2D eigenvalue weighted by atomic mass is 16.5. The third-order valence-corrected chi connectivity index (χ3v) is 4.58. The number of hydrogen-bond donors (Lipinski definition) is 2. The molecule has 0 radical (unpaired) electrons. The van der Waals surface area contributed by atoms with Gasteiger partial charge < -0.3 is 25.3 Å². The van der Waals surface area contributed by atoms with Gasteiger partial charge in [0.15, 0.2) is 23.1 Å². The number of ether oxygens (including phenoxy) is 3. The average molecular weight is 358 g/mol. The van der Waals surface area contributed by atoms with Crippen LogP contribution in [-0.4, -0.2) is 30.2 Å². The van der Waals surface area contributed by atoms with E-state index in [1.54, 1.807) is 26.5 Å². The van der Waals surface area contributed by atoms with Gasteiger partial charge in [-0.25, -0.2) is 4.98 Å². The minimum absolute atomic E-state index is 0.228. The van der Waals surface area contributed by atoms with Gasteiger partial charge in [-0.05, 0) is 31.2 Å². The van der Waals surface area contributed by atoms with Crippen LogP contribution in [0.5, 0.6) is 23.0 Å². The number of nitrogens with two attached hydrogens (primary N) is 1. The second-order valence-electron chi connectivity index (χ2n) is 6.72. The molecule has 1 heterocycles. The zero-order valence-electron chi connectivity index (χ0n) is 15.7. The molecular formula is C19H26N4O3. The van der Waals surface area contributed by atoms with E-state index in [-0.39, 0.29) is 5.92 Å². The molecule has 1 aliphatic carbocycles. The average Bonchev–Trinajstić information content (AvgIpc) is 2.59. The van der Waals surface area contributed by atoms with Gasteiger partial charge in [0.25, 0.3) is 0 Å². The van der Waals surface area contributed by atoms with E-state index in [1.165, 1.54) is 6.42 Å². The van der Waals surface area contributed by atoms with Gasteiger partial charge in [-0.3, -0.25) is 0 Å². The molecule has 0 atom stereocenters. The molecule has 1 aliphatic rings. The molecule has 2 aromatic rings. The molecule has 0 bridgehead atoms. The number of hydrogen-bond acceptors (Lipinski definition) is 7. The van der Waals surface area contributed by atoms with E-state index in [4.69, 9.17) is 19.9 Å². The molecule has 26 heavy (non-hydrogen) atoms. The number of methoxy groups -OCH3 is 2. The molecule has 7 heteroatoms. The van der Waals surface area contributed by atoms with E-state index in [9.17, 15) is 0 Å². The molecule has 140 valence electrons. The van der Waals surface area contributed by atoms with Crippen LogP contribution in [0, 0.1) is 0 Å². The monoisotopic (exact) mass is 358 g/mol. The molecule has 0 spiro atoms. The molecular weight excluding hydrogens is 332 g/mol. The molecule has 3 N–H and O–H groups in total. The number of nitrogens with zero attached hydrogens (tertiary/aromatic N) is 2. The zero-order valence-corrected chi connectivity index (χ0v) is 15.7. The first-order valence-corrected chi connectivity index (χ1v) is 8.84. The summed E-state index contributed by atoms with van der Waals surface area (Å²) in [5.74, 6) is 3.38. The van der Waals surface area contributed by atoms with Crippen molar-refractivity contribution in [2.75, 3.05) is 25.3 Å². The Morgan fingerprint density at radius 3 is 2.31 bits per heavy atom. The van der Waals surface area contributed by atoms with E-state index in [0.29, 0.717) is 40.8 Å². The zero-order chi connectivity index (χ0) is 18.7. The second-order valence-corrected chi connectivity index (χ2v) is 6.72. The third-order valence-electron chi connectivity index (χ3n) is 4.58. The topological polar surface area (TPSA) is 91.5 Å². The SMILES string of the molecule is COc1cc(Oc2cnc(NC3CCC3)nc2N)c(C(C)C)cc1OC. The van der Waals surface area contributed by atoms with Crippen molar-refractivity contribution in [3.8, 4) is 23.0 Å². The van der Waals surface area contributed by atoms with Crippen molar-refractivity contribution in [3.05, 3.63) is 23.9 Å². The number of rotatable bonds is 7. The molecule has 0 saturated heterocycles. The predicted octanol–water partition coefficient (Wildman–Crippen LogP) is 3.96.